The molecule has 0 aliphatic rings. The van der Waals surface area contributed by atoms with Gasteiger partial charge < -0.3 is 9.13 Å². The summed E-state index contributed by atoms with van der Waals surface area (Å²) in [6.07, 6.45) is -10.4. The molecule has 8 rings (SSSR count). The molecule has 7 nitrogen and oxygen atoms in total. The zero-order chi connectivity index (χ0) is 39.7. The molecule has 0 fully saturated rings. The molecule has 2 heterocycles. The van der Waals surface area contributed by atoms with Crippen LogP contribution in [-0.4, -0.2) is 9.13 Å². The minimum absolute atomic E-state index is 0.0109. The normalized spacial score (nSPS) is 11.7. The van der Waals surface area contributed by atoms with Crippen molar-refractivity contribution in [1.82, 2.24) is 9.13 Å². The first kappa shape index (κ1) is 35.0. The number of nitrogens with zero attached hydrogens (tertiary/aromatic N) is 7. The van der Waals surface area contributed by atoms with E-state index in [0.29, 0.717) is 49.7 Å². The summed E-state index contributed by atoms with van der Waals surface area (Å²) in [7, 11) is 0. The first-order chi connectivity index (χ1) is 26.8. The topological polar surface area (TPSA) is 89.9 Å². The van der Waals surface area contributed by atoms with Crippen LogP contribution in [-0.2, 0) is 12.4 Å². The fraction of sp³-hybridized carbons (Fsp3) is 0.0465. The van der Waals surface area contributed by atoms with E-state index in [4.69, 9.17) is 13.1 Å². The number of hydrogen-bond acceptors (Lipinski definition) is 3. The Morgan fingerprint density at radius 3 is 1.41 bits per heavy atom. The van der Waals surface area contributed by atoms with Crippen molar-refractivity contribution in [3.05, 3.63) is 154 Å². The molecular weight excluding hydrogens is 729 g/mol. The lowest BCUT2D eigenvalue weighted by molar-refractivity contribution is -0.142. The molecule has 0 aliphatic heterocycles. The van der Waals surface area contributed by atoms with Gasteiger partial charge in [0.05, 0.1) is 75.5 Å². The smallest absolute Gasteiger partial charge is 0.310 e. The van der Waals surface area contributed by atoms with Gasteiger partial charge >= 0.3 is 12.4 Å². The lowest BCUT2D eigenvalue weighted by Gasteiger charge is -2.22. The summed E-state index contributed by atoms with van der Waals surface area (Å²) >= 11 is 0. The molecule has 266 valence electrons. The van der Waals surface area contributed by atoms with E-state index in [1.165, 1.54) is 41.0 Å². The molecule has 0 spiro atoms. The molecule has 0 saturated heterocycles. The van der Waals surface area contributed by atoms with Gasteiger partial charge in [-0.25, -0.2) is 9.69 Å². The number of hydrogen-bond donors (Lipinski definition) is 0. The molecule has 8 aromatic rings. The fourth-order valence-corrected chi connectivity index (χ4v) is 7.25. The van der Waals surface area contributed by atoms with Crippen molar-refractivity contribution in [3.8, 4) is 40.7 Å². The highest BCUT2D eigenvalue weighted by Gasteiger charge is 2.39. The Hall–Kier alpha value is -8.05. The summed E-state index contributed by atoms with van der Waals surface area (Å²) in [6, 6.07) is 29.1. The third-order valence-electron chi connectivity index (χ3n) is 9.68. The van der Waals surface area contributed by atoms with Crippen molar-refractivity contribution in [3.63, 3.8) is 0 Å². The Balaban J connectivity index is 1.61. The summed E-state index contributed by atoms with van der Waals surface area (Å²) in [4.78, 5) is 7.04. The van der Waals surface area contributed by atoms with Gasteiger partial charge in [0.1, 0.15) is 6.07 Å². The Labute approximate surface area is 312 Å². The molecule has 0 saturated carbocycles. The third kappa shape index (κ3) is 5.41. The predicted molar refractivity (Wildman–Crippen MR) is 197 cm³/mol. The van der Waals surface area contributed by atoms with Crippen molar-refractivity contribution in [2.24, 2.45) is 0 Å². The van der Waals surface area contributed by atoms with Crippen LogP contribution >= 0.6 is 0 Å². The van der Waals surface area contributed by atoms with Crippen molar-refractivity contribution in [1.29, 1.82) is 15.8 Å². The Bertz CT molecular complexity index is 3100. The summed E-state index contributed by atoms with van der Waals surface area (Å²) in [5.41, 5.74) is -2.02. The Morgan fingerprint density at radius 2 is 0.964 bits per heavy atom. The maximum Gasteiger partial charge on any atom is 0.417 e. The van der Waals surface area contributed by atoms with Gasteiger partial charge in [-0.2, -0.15) is 42.1 Å². The summed E-state index contributed by atoms with van der Waals surface area (Å²) in [5.74, 6) is 0. The highest BCUT2D eigenvalue weighted by molar-refractivity contribution is 6.12. The fourth-order valence-electron chi connectivity index (χ4n) is 7.25. The quantitative estimate of drug-likeness (QED) is 0.133. The Morgan fingerprint density at radius 1 is 0.482 bits per heavy atom. The van der Waals surface area contributed by atoms with Crippen LogP contribution in [0.25, 0.3) is 75.8 Å². The lowest BCUT2D eigenvalue weighted by atomic mass is 9.93. The standard InChI is InChI=1S/C43H17F6N7/c1-53-27-6-11-32-30-8-3-23(20-50)13-37(30)55(40(32)17-27)36-19-34(29-10-5-26(42(44,45)46)16-35(29)43(47,48)49)39(15-25(36)22-52)56-38-14-24(21-51)4-9-31(38)33-12-7-28(54-2)18-41(33)56/h3-19H. The largest absolute Gasteiger partial charge is 0.417 e. The minimum atomic E-state index is -5.30. The van der Waals surface area contributed by atoms with Gasteiger partial charge in [-0.3, -0.25) is 0 Å². The maximum atomic E-state index is 15.0. The second-order valence-corrected chi connectivity index (χ2v) is 12.7. The van der Waals surface area contributed by atoms with E-state index >= 15 is 13.2 Å². The zero-order valence-corrected chi connectivity index (χ0v) is 28.2. The lowest BCUT2D eigenvalue weighted by Crippen LogP contribution is -2.13. The molecule has 0 amide bonds. The Kier molecular flexibility index (Phi) is 7.83. The number of alkyl halides is 6. The number of rotatable bonds is 3. The van der Waals surface area contributed by atoms with Gasteiger partial charge in [0.2, 0.25) is 0 Å². The van der Waals surface area contributed by atoms with Gasteiger partial charge in [-0.05, 0) is 66.2 Å². The van der Waals surface area contributed by atoms with Crippen molar-refractivity contribution in [2.45, 2.75) is 12.4 Å². The highest BCUT2D eigenvalue weighted by atomic mass is 19.4. The first-order valence-electron chi connectivity index (χ1n) is 16.4. The van der Waals surface area contributed by atoms with Crippen molar-refractivity contribution < 1.29 is 26.3 Å². The van der Waals surface area contributed by atoms with Gasteiger partial charge in [0.25, 0.3) is 0 Å². The van der Waals surface area contributed by atoms with E-state index < -0.39 is 29.0 Å². The van der Waals surface area contributed by atoms with Crippen LogP contribution < -0.4 is 0 Å². The summed E-state index contributed by atoms with van der Waals surface area (Å²) in [5, 5.41) is 32.7. The molecule has 6 aromatic carbocycles. The number of benzene rings is 6. The van der Waals surface area contributed by atoms with Crippen molar-refractivity contribution >= 4 is 55.0 Å². The molecule has 2 aromatic heterocycles. The van der Waals surface area contributed by atoms with Crippen LogP contribution in [0.15, 0.2) is 103 Å². The molecule has 0 unspecified atom stereocenters. The number of nitriles is 3. The van der Waals surface area contributed by atoms with Crippen LogP contribution in [0.3, 0.4) is 0 Å². The SMILES string of the molecule is [C-]#[N+]c1ccc2c3ccc(C#N)cc3n(-c3cc(-c4ccc(C(F)(F)F)cc4C(F)(F)F)c(-n4c5cc(C#N)ccc5c5ccc([N+]#[C-])cc54)cc3C#N)c2c1. The monoisotopic (exact) mass is 745 g/mol. The minimum Gasteiger partial charge on any atom is -0.310 e. The van der Waals surface area contributed by atoms with E-state index in [1.54, 1.807) is 53.1 Å². The number of fused-ring (bicyclic) bond motifs is 6. The van der Waals surface area contributed by atoms with Crippen LogP contribution in [0.4, 0.5) is 37.7 Å². The van der Waals surface area contributed by atoms with Crippen molar-refractivity contribution in [2.75, 3.05) is 0 Å². The van der Waals surface area contributed by atoms with E-state index in [1.807, 2.05) is 6.07 Å². The van der Waals surface area contributed by atoms with Gasteiger partial charge in [-0.1, -0.05) is 42.5 Å². The molecule has 0 aliphatic carbocycles. The predicted octanol–water partition coefficient (Wildman–Crippen LogP) is 12.3. The molecular formula is C43H17F6N7. The van der Waals surface area contributed by atoms with Gasteiger partial charge in [-0.15, -0.1) is 0 Å². The van der Waals surface area contributed by atoms with E-state index in [2.05, 4.69) is 21.8 Å². The molecule has 0 bridgehead atoms. The second kappa shape index (κ2) is 12.5. The molecule has 0 radical (unpaired) electrons. The maximum absolute atomic E-state index is 15.0. The number of aromatic nitrogens is 2. The third-order valence-corrected chi connectivity index (χ3v) is 9.68. The zero-order valence-electron chi connectivity index (χ0n) is 28.2. The van der Waals surface area contributed by atoms with Crippen LogP contribution in [0.1, 0.15) is 27.8 Å². The van der Waals surface area contributed by atoms with E-state index in [-0.39, 0.29) is 51.1 Å². The summed E-state index contributed by atoms with van der Waals surface area (Å²) in [6.45, 7) is 15.3. The van der Waals surface area contributed by atoms with Crippen LogP contribution in [0.2, 0.25) is 0 Å². The molecule has 0 N–H and O–H groups in total. The van der Waals surface area contributed by atoms with Crippen LogP contribution in [0, 0.1) is 47.1 Å². The molecule has 0 atom stereocenters. The average Bonchev–Trinajstić information content (AvgIpc) is 3.69. The first-order valence-corrected chi connectivity index (χ1v) is 16.4. The van der Waals surface area contributed by atoms with Gasteiger partial charge in [0, 0.05) is 38.1 Å². The molecule has 13 heteroatoms. The highest BCUT2D eigenvalue weighted by Crippen LogP contribution is 2.46. The van der Waals surface area contributed by atoms with Gasteiger partial charge in [0.15, 0.2) is 11.4 Å². The molecule has 56 heavy (non-hydrogen) atoms. The second-order valence-electron chi connectivity index (χ2n) is 12.7. The average molecular weight is 746 g/mol. The summed E-state index contributed by atoms with van der Waals surface area (Å²) < 4.78 is 89.9. The number of halogens is 6. The van der Waals surface area contributed by atoms with E-state index in [0.717, 1.165) is 6.07 Å². The van der Waals surface area contributed by atoms with E-state index in [9.17, 15) is 29.0 Å². The van der Waals surface area contributed by atoms with Crippen LogP contribution in [0.5, 0.6) is 0 Å².